The quantitative estimate of drug-likeness (QED) is 0.278. The molecule has 2 aromatic carbocycles. The fourth-order valence-electron chi connectivity index (χ4n) is 3.39. The van der Waals surface area contributed by atoms with Crippen LogP contribution in [-0.2, 0) is 12.6 Å². The third kappa shape index (κ3) is 4.22. The Morgan fingerprint density at radius 2 is 1.96 bits per heavy atom. The highest BCUT2D eigenvalue weighted by Gasteiger charge is 2.31. The summed E-state index contributed by atoms with van der Waals surface area (Å²) in [6.45, 7) is 6.00. The van der Waals surface area contributed by atoms with Crippen molar-refractivity contribution in [3.05, 3.63) is 69.6 Å². The largest absolute Gasteiger partial charge is 0.416 e. The van der Waals surface area contributed by atoms with Crippen LogP contribution in [0.4, 0.5) is 13.2 Å². The maximum Gasteiger partial charge on any atom is 0.416 e. The van der Waals surface area contributed by atoms with Crippen LogP contribution in [0.3, 0.4) is 0 Å². The average Bonchev–Trinajstić information content (AvgIpc) is 2.99. The number of alkyl halides is 3. The molecule has 0 amide bonds. The van der Waals surface area contributed by atoms with Crippen molar-refractivity contribution in [2.45, 2.75) is 45.7 Å². The Bertz CT molecular complexity index is 1020. The minimum Gasteiger partial charge on any atom is -0.411 e. The van der Waals surface area contributed by atoms with Crippen LogP contribution in [0.15, 0.2) is 41.6 Å². The standard InChI is InChI=1S/C22H21F3NOS/c1-13(2)21-17-8-7-16(22(23,24)25)12-20(17)28-19(21)10-9-18(26-27)15-6-4-5-14(3)11-15/h4-8,12-13,27H,9-10H2,1-3H3. The van der Waals surface area contributed by atoms with E-state index in [1.807, 2.05) is 39.0 Å². The molecule has 1 N–H and O–H groups in total. The summed E-state index contributed by atoms with van der Waals surface area (Å²) in [7, 11) is 0. The highest BCUT2D eigenvalue weighted by Crippen LogP contribution is 2.40. The maximum absolute atomic E-state index is 13.1. The Labute approximate surface area is 166 Å². The van der Waals surface area contributed by atoms with Gasteiger partial charge < -0.3 is 5.21 Å². The van der Waals surface area contributed by atoms with Crippen molar-refractivity contribution in [3.63, 3.8) is 0 Å². The summed E-state index contributed by atoms with van der Waals surface area (Å²) in [5, 5.41) is 13.7. The minimum atomic E-state index is -4.35. The van der Waals surface area contributed by atoms with E-state index in [0.29, 0.717) is 23.3 Å². The second-order valence-electron chi connectivity index (χ2n) is 7.10. The maximum atomic E-state index is 13.1. The fraction of sp³-hybridized carbons (Fsp3) is 0.318. The summed E-state index contributed by atoms with van der Waals surface area (Å²) < 4.78 is 39.8. The first-order chi connectivity index (χ1) is 13.2. The molecule has 2 nitrogen and oxygen atoms in total. The average molecular weight is 404 g/mol. The lowest BCUT2D eigenvalue weighted by Crippen LogP contribution is -2.04. The predicted octanol–water partition coefficient (Wildman–Crippen LogP) is 6.96. The summed E-state index contributed by atoms with van der Waals surface area (Å²) in [4.78, 5) is 1.03. The van der Waals surface area contributed by atoms with E-state index in [4.69, 9.17) is 0 Å². The van der Waals surface area contributed by atoms with Gasteiger partial charge in [-0.1, -0.05) is 43.3 Å². The highest BCUT2D eigenvalue weighted by molar-refractivity contribution is 7.19. The molecule has 0 aliphatic rings. The van der Waals surface area contributed by atoms with E-state index < -0.39 is 11.7 Å². The number of hydrogen-bond donors (Lipinski definition) is 1. The van der Waals surface area contributed by atoms with Crippen LogP contribution in [0.2, 0.25) is 0 Å². The van der Waals surface area contributed by atoms with Crippen LogP contribution < -0.4 is 0 Å². The van der Waals surface area contributed by atoms with E-state index in [2.05, 4.69) is 11.2 Å². The van der Waals surface area contributed by atoms with Crippen molar-refractivity contribution in [3.8, 4) is 0 Å². The smallest absolute Gasteiger partial charge is 0.411 e. The van der Waals surface area contributed by atoms with Crippen LogP contribution >= 0.6 is 11.3 Å². The Morgan fingerprint density at radius 1 is 1.21 bits per heavy atom. The zero-order valence-corrected chi connectivity index (χ0v) is 16.7. The van der Waals surface area contributed by atoms with Gasteiger partial charge in [0.05, 0.1) is 11.3 Å². The van der Waals surface area contributed by atoms with E-state index in [0.717, 1.165) is 33.0 Å². The van der Waals surface area contributed by atoms with Gasteiger partial charge in [-0.05, 0) is 60.4 Å². The van der Waals surface area contributed by atoms with Gasteiger partial charge in [-0.2, -0.15) is 13.2 Å². The third-order valence-electron chi connectivity index (χ3n) is 4.67. The van der Waals surface area contributed by atoms with Gasteiger partial charge in [-0.3, -0.25) is 0 Å². The molecule has 1 heterocycles. The van der Waals surface area contributed by atoms with Crippen molar-refractivity contribution in [2.75, 3.05) is 0 Å². The van der Waals surface area contributed by atoms with Gasteiger partial charge in [0.15, 0.2) is 0 Å². The van der Waals surface area contributed by atoms with Crippen LogP contribution in [-0.4, -0.2) is 10.9 Å². The van der Waals surface area contributed by atoms with Crippen LogP contribution in [0.1, 0.15) is 53.3 Å². The second-order valence-corrected chi connectivity index (χ2v) is 8.23. The second kappa shape index (κ2) is 7.95. The lowest BCUT2D eigenvalue weighted by molar-refractivity contribution is -0.137. The SMILES string of the molecule is Cc1[c]c(C(CCc2sc3cc(C(F)(F)F)ccc3c2C(C)C)=NO)ccc1. The molecule has 0 saturated carbocycles. The molecule has 3 aromatic rings. The van der Waals surface area contributed by atoms with Gasteiger partial charge in [0.25, 0.3) is 0 Å². The van der Waals surface area contributed by atoms with Gasteiger partial charge >= 0.3 is 6.18 Å². The lowest BCUT2D eigenvalue weighted by atomic mass is 9.95. The van der Waals surface area contributed by atoms with Gasteiger partial charge in [-0.25, -0.2) is 0 Å². The molecule has 0 fully saturated rings. The number of hydrogen-bond acceptors (Lipinski definition) is 3. The topological polar surface area (TPSA) is 32.6 Å². The monoisotopic (exact) mass is 404 g/mol. The van der Waals surface area contributed by atoms with Crippen molar-refractivity contribution in [1.29, 1.82) is 0 Å². The number of rotatable bonds is 5. The number of benzene rings is 2. The van der Waals surface area contributed by atoms with Gasteiger partial charge in [0, 0.05) is 15.1 Å². The van der Waals surface area contributed by atoms with E-state index in [1.165, 1.54) is 17.4 Å². The molecule has 1 aromatic heterocycles. The number of oxime groups is 1. The molecule has 0 aliphatic carbocycles. The van der Waals surface area contributed by atoms with Crippen molar-refractivity contribution in [1.82, 2.24) is 0 Å². The predicted molar refractivity (Wildman–Crippen MR) is 108 cm³/mol. The molecule has 28 heavy (non-hydrogen) atoms. The van der Waals surface area contributed by atoms with E-state index >= 15 is 0 Å². The molecule has 0 spiro atoms. The number of thiophene rings is 1. The zero-order chi connectivity index (χ0) is 20.5. The van der Waals surface area contributed by atoms with Gasteiger partial charge in [0.2, 0.25) is 0 Å². The third-order valence-corrected chi connectivity index (χ3v) is 5.90. The van der Waals surface area contributed by atoms with Crippen LogP contribution in [0, 0.1) is 13.0 Å². The van der Waals surface area contributed by atoms with Gasteiger partial charge in [-0.15, -0.1) is 11.3 Å². The van der Waals surface area contributed by atoms with Crippen molar-refractivity contribution >= 4 is 27.1 Å². The van der Waals surface area contributed by atoms with Crippen LogP contribution in [0.5, 0.6) is 0 Å². The molecule has 1 radical (unpaired) electrons. The molecule has 0 aliphatic heterocycles. The van der Waals surface area contributed by atoms with E-state index in [-0.39, 0.29) is 5.92 Å². The molecular weight excluding hydrogens is 383 g/mol. The molecule has 0 unspecified atom stereocenters. The first-order valence-corrected chi connectivity index (χ1v) is 9.85. The zero-order valence-electron chi connectivity index (χ0n) is 15.9. The number of aryl methyl sites for hydroxylation is 2. The number of nitrogens with zero attached hydrogens (tertiary/aromatic N) is 1. The number of halogens is 3. The summed E-state index contributed by atoms with van der Waals surface area (Å²) in [6, 6.07) is 12.7. The Hall–Kier alpha value is -2.34. The van der Waals surface area contributed by atoms with E-state index in [9.17, 15) is 18.4 Å². The lowest BCUT2D eigenvalue weighted by Gasteiger charge is -2.10. The molecule has 0 saturated heterocycles. The van der Waals surface area contributed by atoms with Gasteiger partial charge in [0.1, 0.15) is 0 Å². The Morgan fingerprint density at radius 3 is 2.57 bits per heavy atom. The van der Waals surface area contributed by atoms with Crippen molar-refractivity contribution in [2.24, 2.45) is 5.16 Å². The fourth-order valence-corrected chi connectivity index (χ4v) is 4.78. The minimum absolute atomic E-state index is 0.181. The van der Waals surface area contributed by atoms with Crippen LogP contribution in [0.25, 0.3) is 10.1 Å². The molecule has 0 atom stereocenters. The molecule has 3 rings (SSSR count). The Kier molecular flexibility index (Phi) is 5.79. The number of fused-ring (bicyclic) bond motifs is 1. The van der Waals surface area contributed by atoms with Crippen molar-refractivity contribution < 1.29 is 18.4 Å². The first kappa shape index (κ1) is 20.4. The highest BCUT2D eigenvalue weighted by atomic mass is 32.1. The first-order valence-electron chi connectivity index (χ1n) is 9.03. The van der Waals surface area contributed by atoms with E-state index in [1.54, 1.807) is 6.07 Å². The molecular formula is C22H21F3NOS. The molecule has 147 valence electrons. The normalized spacial score (nSPS) is 12.9. The summed E-state index contributed by atoms with van der Waals surface area (Å²) >= 11 is 1.39. The summed E-state index contributed by atoms with van der Waals surface area (Å²) in [5.41, 5.74) is 2.64. The summed E-state index contributed by atoms with van der Waals surface area (Å²) in [5.74, 6) is 0.181. The molecule has 6 heteroatoms. The Balaban J connectivity index is 1.94. The summed E-state index contributed by atoms with van der Waals surface area (Å²) in [6.07, 6.45) is -3.28. The molecule has 0 bridgehead atoms.